The van der Waals surface area contributed by atoms with Gasteiger partial charge in [-0.1, -0.05) is 18.2 Å². The van der Waals surface area contributed by atoms with Crippen molar-refractivity contribution in [2.75, 3.05) is 17.8 Å². The summed E-state index contributed by atoms with van der Waals surface area (Å²) in [6.45, 7) is 2.82. The Morgan fingerprint density at radius 3 is 2.31 bits per heavy atom. The van der Waals surface area contributed by atoms with Crippen LogP contribution in [0, 0.1) is 0 Å². The number of anilines is 1. The average molecular weight is 372 g/mol. The Morgan fingerprint density at radius 1 is 0.962 bits per heavy atom. The molecule has 0 aromatic heterocycles. The van der Waals surface area contributed by atoms with Gasteiger partial charge in [-0.25, -0.2) is 8.42 Å². The molecule has 1 aliphatic rings. The standard InChI is InChI=1S/C19H20N2O4S/c1-14(22)15-6-4-8-17(12-15)20-26(24,25)18-9-5-7-16(13-18)19(23)21-10-2-3-11-21/h4-9,12-13,20H,2-3,10-11H2,1H3. The fourth-order valence-corrected chi connectivity index (χ4v) is 4.01. The summed E-state index contributed by atoms with van der Waals surface area (Å²) in [5, 5.41) is 0. The molecule has 6 nitrogen and oxygen atoms in total. The molecular weight excluding hydrogens is 352 g/mol. The summed E-state index contributed by atoms with van der Waals surface area (Å²) in [7, 11) is -3.87. The quantitative estimate of drug-likeness (QED) is 0.818. The number of rotatable bonds is 5. The van der Waals surface area contributed by atoms with E-state index in [4.69, 9.17) is 0 Å². The van der Waals surface area contributed by atoms with Crippen LogP contribution in [0.5, 0.6) is 0 Å². The zero-order valence-electron chi connectivity index (χ0n) is 14.4. The maximum atomic E-state index is 12.7. The lowest BCUT2D eigenvalue weighted by Crippen LogP contribution is -2.27. The Kier molecular flexibility index (Phi) is 5.08. The van der Waals surface area contributed by atoms with E-state index in [9.17, 15) is 18.0 Å². The molecule has 136 valence electrons. The van der Waals surface area contributed by atoms with Gasteiger partial charge in [0.1, 0.15) is 0 Å². The number of hydrogen-bond donors (Lipinski definition) is 1. The molecule has 0 spiro atoms. The van der Waals surface area contributed by atoms with Crippen molar-refractivity contribution in [2.24, 2.45) is 0 Å². The number of Topliss-reactive ketones (excluding diaryl/α,β-unsaturated/α-hetero) is 1. The monoisotopic (exact) mass is 372 g/mol. The number of hydrogen-bond acceptors (Lipinski definition) is 4. The van der Waals surface area contributed by atoms with Gasteiger partial charge in [0.25, 0.3) is 15.9 Å². The van der Waals surface area contributed by atoms with Crippen LogP contribution in [0.3, 0.4) is 0 Å². The molecule has 2 aromatic carbocycles. The van der Waals surface area contributed by atoms with Crippen LogP contribution in [0.25, 0.3) is 0 Å². The van der Waals surface area contributed by atoms with Crippen molar-refractivity contribution in [1.29, 1.82) is 0 Å². The lowest BCUT2D eigenvalue weighted by molar-refractivity contribution is 0.0792. The number of amides is 1. The van der Waals surface area contributed by atoms with Crippen molar-refractivity contribution in [3.8, 4) is 0 Å². The highest BCUT2D eigenvalue weighted by atomic mass is 32.2. The van der Waals surface area contributed by atoms with Gasteiger partial charge in [-0.05, 0) is 50.1 Å². The molecule has 7 heteroatoms. The number of benzene rings is 2. The number of nitrogens with zero attached hydrogens (tertiary/aromatic N) is 1. The average Bonchev–Trinajstić information content (AvgIpc) is 3.15. The molecule has 0 radical (unpaired) electrons. The maximum Gasteiger partial charge on any atom is 0.261 e. The molecule has 26 heavy (non-hydrogen) atoms. The molecule has 0 unspecified atom stereocenters. The minimum atomic E-state index is -3.87. The van der Waals surface area contributed by atoms with Crippen molar-refractivity contribution in [3.63, 3.8) is 0 Å². The molecule has 0 bridgehead atoms. The first-order valence-corrected chi connectivity index (χ1v) is 9.88. The van der Waals surface area contributed by atoms with Gasteiger partial charge in [0.05, 0.1) is 4.90 Å². The fourth-order valence-electron chi connectivity index (χ4n) is 2.91. The van der Waals surface area contributed by atoms with Crippen LogP contribution in [0.4, 0.5) is 5.69 Å². The SMILES string of the molecule is CC(=O)c1cccc(NS(=O)(=O)c2cccc(C(=O)N3CCCC3)c2)c1. The van der Waals surface area contributed by atoms with E-state index in [1.807, 2.05) is 0 Å². The Hall–Kier alpha value is -2.67. The molecule has 1 saturated heterocycles. The van der Waals surface area contributed by atoms with E-state index in [0.717, 1.165) is 12.8 Å². The van der Waals surface area contributed by atoms with E-state index in [-0.39, 0.29) is 16.6 Å². The van der Waals surface area contributed by atoms with Crippen LogP contribution in [-0.4, -0.2) is 38.1 Å². The molecule has 1 aliphatic heterocycles. The smallest absolute Gasteiger partial charge is 0.261 e. The van der Waals surface area contributed by atoms with Gasteiger partial charge >= 0.3 is 0 Å². The van der Waals surface area contributed by atoms with Crippen LogP contribution in [0.1, 0.15) is 40.5 Å². The number of ketones is 1. The van der Waals surface area contributed by atoms with Crippen LogP contribution in [-0.2, 0) is 10.0 Å². The number of sulfonamides is 1. The summed E-state index contributed by atoms with van der Waals surface area (Å²) in [6, 6.07) is 12.3. The van der Waals surface area contributed by atoms with Gasteiger partial charge in [0.2, 0.25) is 0 Å². The normalized spacial score (nSPS) is 14.3. The van der Waals surface area contributed by atoms with E-state index in [1.165, 1.54) is 25.1 Å². The second-order valence-electron chi connectivity index (χ2n) is 6.27. The minimum absolute atomic E-state index is 0.00998. The Balaban J connectivity index is 1.85. The predicted molar refractivity (Wildman–Crippen MR) is 98.8 cm³/mol. The van der Waals surface area contributed by atoms with Crippen LogP contribution < -0.4 is 4.72 Å². The van der Waals surface area contributed by atoms with Crippen molar-refractivity contribution in [2.45, 2.75) is 24.7 Å². The molecule has 0 atom stereocenters. The highest BCUT2D eigenvalue weighted by molar-refractivity contribution is 7.92. The largest absolute Gasteiger partial charge is 0.339 e. The molecule has 1 N–H and O–H groups in total. The molecule has 0 saturated carbocycles. The van der Waals surface area contributed by atoms with E-state index in [0.29, 0.717) is 29.9 Å². The Bertz CT molecular complexity index is 948. The van der Waals surface area contributed by atoms with Gasteiger partial charge < -0.3 is 4.90 Å². The first-order chi connectivity index (χ1) is 12.4. The van der Waals surface area contributed by atoms with Gasteiger partial charge in [-0.2, -0.15) is 0 Å². The lowest BCUT2D eigenvalue weighted by atomic mass is 10.1. The van der Waals surface area contributed by atoms with Crippen molar-refractivity contribution >= 4 is 27.4 Å². The van der Waals surface area contributed by atoms with Gasteiger partial charge in [-0.3, -0.25) is 14.3 Å². The predicted octanol–water partition coefficient (Wildman–Crippen LogP) is 2.93. The molecule has 3 rings (SSSR count). The Labute approximate surface area is 152 Å². The highest BCUT2D eigenvalue weighted by Crippen LogP contribution is 2.20. The second kappa shape index (κ2) is 7.29. The second-order valence-corrected chi connectivity index (χ2v) is 7.95. The van der Waals surface area contributed by atoms with Gasteiger partial charge in [0, 0.05) is 29.9 Å². The number of likely N-dealkylation sites (tertiary alicyclic amines) is 1. The summed E-state index contributed by atoms with van der Waals surface area (Å²) in [6.07, 6.45) is 1.94. The maximum absolute atomic E-state index is 12.7. The van der Waals surface area contributed by atoms with Crippen molar-refractivity contribution in [3.05, 3.63) is 59.7 Å². The molecule has 1 amide bonds. The molecule has 1 heterocycles. The van der Waals surface area contributed by atoms with Crippen LogP contribution >= 0.6 is 0 Å². The molecule has 0 aliphatic carbocycles. The first kappa shape index (κ1) is 18.1. The number of carbonyl (C=O) groups excluding carboxylic acids is 2. The third-order valence-electron chi connectivity index (χ3n) is 4.31. The van der Waals surface area contributed by atoms with E-state index in [2.05, 4.69) is 4.72 Å². The zero-order chi connectivity index (χ0) is 18.7. The minimum Gasteiger partial charge on any atom is -0.339 e. The summed E-state index contributed by atoms with van der Waals surface area (Å²) in [5.74, 6) is -0.303. The molecular formula is C19H20N2O4S. The fraction of sp³-hybridized carbons (Fsp3) is 0.263. The highest BCUT2D eigenvalue weighted by Gasteiger charge is 2.22. The third-order valence-corrected chi connectivity index (χ3v) is 5.68. The van der Waals surface area contributed by atoms with Crippen molar-refractivity contribution < 1.29 is 18.0 Å². The summed E-state index contributed by atoms with van der Waals surface area (Å²) < 4.78 is 27.8. The summed E-state index contributed by atoms with van der Waals surface area (Å²) >= 11 is 0. The molecule has 1 fully saturated rings. The lowest BCUT2D eigenvalue weighted by Gasteiger charge is -2.16. The first-order valence-electron chi connectivity index (χ1n) is 8.40. The van der Waals surface area contributed by atoms with Gasteiger partial charge in [0.15, 0.2) is 5.78 Å². The van der Waals surface area contributed by atoms with Crippen LogP contribution in [0.15, 0.2) is 53.4 Å². The van der Waals surface area contributed by atoms with E-state index < -0.39 is 10.0 Å². The van der Waals surface area contributed by atoms with E-state index >= 15 is 0 Å². The topological polar surface area (TPSA) is 83.5 Å². The van der Waals surface area contributed by atoms with E-state index in [1.54, 1.807) is 35.2 Å². The van der Waals surface area contributed by atoms with Crippen molar-refractivity contribution in [1.82, 2.24) is 4.90 Å². The number of carbonyl (C=O) groups is 2. The van der Waals surface area contributed by atoms with Gasteiger partial charge in [-0.15, -0.1) is 0 Å². The zero-order valence-corrected chi connectivity index (χ0v) is 15.3. The van der Waals surface area contributed by atoms with Crippen LogP contribution in [0.2, 0.25) is 0 Å². The third kappa shape index (κ3) is 3.94. The molecule has 2 aromatic rings. The number of nitrogens with one attached hydrogen (secondary N) is 1. The Morgan fingerprint density at radius 2 is 1.62 bits per heavy atom. The summed E-state index contributed by atoms with van der Waals surface area (Å²) in [5.41, 5.74) is 1.07. The summed E-state index contributed by atoms with van der Waals surface area (Å²) in [4.78, 5) is 25.7.